The molecule has 0 saturated carbocycles. The van der Waals surface area contributed by atoms with E-state index in [1.54, 1.807) is 0 Å². The summed E-state index contributed by atoms with van der Waals surface area (Å²) < 4.78 is 8.21. The zero-order valence-electron chi connectivity index (χ0n) is 11.7. The number of nitrogens with zero attached hydrogens (tertiary/aromatic N) is 1. The predicted octanol–water partition coefficient (Wildman–Crippen LogP) is 4.06. The first-order chi connectivity index (χ1) is 9.75. The number of hydrogen-bond acceptors (Lipinski definition) is 1. The zero-order chi connectivity index (χ0) is 13.7. The molecule has 2 aromatic carbocycles. The van der Waals surface area contributed by atoms with Crippen LogP contribution in [0, 0.1) is 6.92 Å². The highest BCUT2D eigenvalue weighted by Crippen LogP contribution is 2.37. The van der Waals surface area contributed by atoms with Crippen molar-refractivity contribution < 1.29 is 8.99 Å². The highest BCUT2D eigenvalue weighted by molar-refractivity contribution is 6.05. The number of fused-ring (bicyclic) bond motifs is 3. The predicted molar refractivity (Wildman–Crippen MR) is 81.1 cm³/mol. The summed E-state index contributed by atoms with van der Waals surface area (Å²) >= 11 is 0. The standard InChI is InChI=1S/C18H16NO/c1-12-7-3-4-8-13(12)16-11-15-14-9-5-6-10-17(14)20-18(15)19(16)2/h3-10H,11H2,1-2H3/q+1. The average Bonchev–Trinajstić information content (AvgIpc) is 2.97. The third kappa shape index (κ3) is 1.48. The van der Waals surface area contributed by atoms with Gasteiger partial charge in [-0.05, 0) is 24.6 Å². The molecule has 4 rings (SSSR count). The summed E-state index contributed by atoms with van der Waals surface area (Å²) in [6.45, 7) is 2.16. The fraction of sp³-hybridized carbons (Fsp3) is 0.167. The topological polar surface area (TPSA) is 16.1 Å². The van der Waals surface area contributed by atoms with Gasteiger partial charge in [0, 0.05) is 10.9 Å². The first-order valence-electron chi connectivity index (χ1n) is 6.91. The van der Waals surface area contributed by atoms with Crippen LogP contribution in [0.2, 0.25) is 0 Å². The van der Waals surface area contributed by atoms with Gasteiger partial charge in [0.1, 0.15) is 12.6 Å². The van der Waals surface area contributed by atoms with Crippen LogP contribution in [0.5, 0.6) is 0 Å². The summed E-state index contributed by atoms with van der Waals surface area (Å²) in [5.74, 6) is 0.990. The maximum Gasteiger partial charge on any atom is 0.377 e. The van der Waals surface area contributed by atoms with Crippen LogP contribution in [-0.2, 0) is 6.42 Å². The van der Waals surface area contributed by atoms with Gasteiger partial charge >= 0.3 is 5.88 Å². The number of aryl methyl sites for hydroxylation is 1. The Morgan fingerprint density at radius 2 is 1.75 bits per heavy atom. The molecule has 0 saturated heterocycles. The molecular formula is C18H16NO+. The lowest BCUT2D eigenvalue weighted by atomic mass is 9.99. The third-order valence-electron chi connectivity index (χ3n) is 4.19. The van der Waals surface area contributed by atoms with Gasteiger partial charge in [-0.2, -0.15) is 4.58 Å². The summed E-state index contributed by atoms with van der Waals surface area (Å²) in [6, 6.07) is 16.8. The largest absolute Gasteiger partial charge is 0.404 e. The second kappa shape index (κ2) is 4.07. The normalized spacial score (nSPS) is 14.1. The van der Waals surface area contributed by atoms with E-state index >= 15 is 0 Å². The average molecular weight is 262 g/mol. The summed E-state index contributed by atoms with van der Waals surface area (Å²) in [6.07, 6.45) is 0.938. The van der Waals surface area contributed by atoms with Crippen LogP contribution < -0.4 is 0 Å². The number of para-hydroxylation sites is 1. The van der Waals surface area contributed by atoms with Gasteiger partial charge in [-0.1, -0.05) is 36.4 Å². The van der Waals surface area contributed by atoms with Gasteiger partial charge < -0.3 is 4.42 Å². The molecule has 0 bridgehead atoms. The molecule has 0 amide bonds. The van der Waals surface area contributed by atoms with E-state index in [-0.39, 0.29) is 0 Å². The maximum atomic E-state index is 6.02. The monoisotopic (exact) mass is 262 g/mol. The number of hydrogen-bond donors (Lipinski definition) is 0. The highest BCUT2D eigenvalue weighted by Gasteiger charge is 2.34. The Kier molecular flexibility index (Phi) is 2.34. The summed E-state index contributed by atoms with van der Waals surface area (Å²) in [4.78, 5) is 0. The second-order valence-corrected chi connectivity index (χ2v) is 5.38. The molecule has 98 valence electrons. The Balaban J connectivity index is 1.93. The molecule has 0 N–H and O–H groups in total. The van der Waals surface area contributed by atoms with E-state index in [0.29, 0.717) is 0 Å². The molecule has 1 aliphatic heterocycles. The number of furan rings is 1. The van der Waals surface area contributed by atoms with E-state index in [2.05, 4.69) is 54.9 Å². The minimum atomic E-state index is 0.938. The molecule has 1 aromatic heterocycles. The van der Waals surface area contributed by atoms with Crippen molar-refractivity contribution in [2.45, 2.75) is 13.3 Å². The molecule has 0 spiro atoms. The smallest absolute Gasteiger partial charge is 0.377 e. The Labute approximate surface area is 118 Å². The van der Waals surface area contributed by atoms with Gasteiger partial charge in [0.15, 0.2) is 5.71 Å². The van der Waals surface area contributed by atoms with E-state index in [1.807, 2.05) is 12.1 Å². The lowest BCUT2D eigenvalue weighted by Crippen LogP contribution is -2.12. The zero-order valence-corrected chi connectivity index (χ0v) is 11.7. The van der Waals surface area contributed by atoms with Gasteiger partial charge in [-0.3, -0.25) is 0 Å². The lowest BCUT2D eigenvalue weighted by Gasteiger charge is -2.02. The van der Waals surface area contributed by atoms with E-state index in [1.165, 1.54) is 27.8 Å². The van der Waals surface area contributed by atoms with Crippen molar-refractivity contribution in [3.8, 4) is 0 Å². The quantitative estimate of drug-likeness (QED) is 0.604. The van der Waals surface area contributed by atoms with Crippen molar-refractivity contribution in [2.24, 2.45) is 0 Å². The molecular weight excluding hydrogens is 246 g/mol. The van der Waals surface area contributed by atoms with Gasteiger partial charge in [-0.25, -0.2) is 0 Å². The molecule has 2 heterocycles. The van der Waals surface area contributed by atoms with E-state index in [4.69, 9.17) is 4.42 Å². The van der Waals surface area contributed by atoms with Crippen molar-refractivity contribution >= 4 is 22.6 Å². The molecule has 0 fully saturated rings. The van der Waals surface area contributed by atoms with Crippen LogP contribution in [0.3, 0.4) is 0 Å². The molecule has 2 nitrogen and oxygen atoms in total. The SMILES string of the molecule is Cc1ccccc1C1=[N+](C)c2oc3ccccc3c2C1. The minimum Gasteiger partial charge on any atom is -0.404 e. The van der Waals surface area contributed by atoms with Crippen molar-refractivity contribution in [1.29, 1.82) is 0 Å². The van der Waals surface area contributed by atoms with Crippen molar-refractivity contribution in [3.63, 3.8) is 0 Å². The van der Waals surface area contributed by atoms with Crippen LogP contribution >= 0.6 is 0 Å². The number of rotatable bonds is 1. The molecule has 1 aliphatic rings. The van der Waals surface area contributed by atoms with Gasteiger partial charge in [0.25, 0.3) is 0 Å². The fourth-order valence-corrected chi connectivity index (χ4v) is 3.11. The van der Waals surface area contributed by atoms with Crippen molar-refractivity contribution in [3.05, 3.63) is 65.2 Å². The maximum absolute atomic E-state index is 6.02. The minimum absolute atomic E-state index is 0.938. The van der Waals surface area contributed by atoms with Crippen molar-refractivity contribution in [1.82, 2.24) is 0 Å². The first kappa shape index (κ1) is 11.5. The Morgan fingerprint density at radius 1 is 1.00 bits per heavy atom. The molecule has 3 aromatic rings. The van der Waals surface area contributed by atoms with E-state index in [9.17, 15) is 0 Å². The van der Waals surface area contributed by atoms with Gasteiger partial charge in [0.05, 0.1) is 12.0 Å². The van der Waals surface area contributed by atoms with E-state index < -0.39 is 0 Å². The Bertz CT molecular complexity index is 855. The summed E-state index contributed by atoms with van der Waals surface area (Å²) in [7, 11) is 2.09. The summed E-state index contributed by atoms with van der Waals surface area (Å²) in [5.41, 5.74) is 6.23. The van der Waals surface area contributed by atoms with Crippen molar-refractivity contribution in [2.75, 3.05) is 7.05 Å². The second-order valence-electron chi connectivity index (χ2n) is 5.38. The van der Waals surface area contributed by atoms with Crippen LogP contribution in [-0.4, -0.2) is 17.3 Å². The Morgan fingerprint density at radius 3 is 2.60 bits per heavy atom. The molecule has 0 atom stereocenters. The molecule has 0 aliphatic carbocycles. The van der Waals surface area contributed by atoms with Crippen LogP contribution in [0.4, 0.5) is 5.88 Å². The molecule has 2 heteroatoms. The number of benzene rings is 2. The third-order valence-corrected chi connectivity index (χ3v) is 4.19. The lowest BCUT2D eigenvalue weighted by molar-refractivity contribution is -0.416. The Hall–Kier alpha value is -2.35. The summed E-state index contributed by atoms with van der Waals surface area (Å²) in [5, 5.41) is 1.23. The van der Waals surface area contributed by atoms with Gasteiger partial charge in [-0.15, -0.1) is 0 Å². The van der Waals surface area contributed by atoms with Crippen LogP contribution in [0.1, 0.15) is 16.7 Å². The molecule has 20 heavy (non-hydrogen) atoms. The first-order valence-corrected chi connectivity index (χ1v) is 6.91. The molecule has 0 radical (unpaired) electrons. The molecule has 0 unspecified atom stereocenters. The van der Waals surface area contributed by atoms with E-state index in [0.717, 1.165) is 17.9 Å². The van der Waals surface area contributed by atoms with Crippen LogP contribution in [0.25, 0.3) is 11.0 Å². The fourth-order valence-electron chi connectivity index (χ4n) is 3.11. The van der Waals surface area contributed by atoms with Crippen LogP contribution in [0.15, 0.2) is 52.9 Å². The van der Waals surface area contributed by atoms with Gasteiger partial charge in [0.2, 0.25) is 0 Å². The highest BCUT2D eigenvalue weighted by atomic mass is 16.4.